The summed E-state index contributed by atoms with van der Waals surface area (Å²) in [5.74, 6) is 1.66. The monoisotopic (exact) mass is 829 g/mol. The zero-order chi connectivity index (χ0) is 42.6. The first-order valence-corrected chi connectivity index (χ1v) is 21.9. The summed E-state index contributed by atoms with van der Waals surface area (Å²) < 4.78 is 11.7. The molecule has 14 rings (SSSR count). The summed E-state index contributed by atoms with van der Waals surface area (Å²) in [6.07, 6.45) is 0. The maximum absolute atomic E-state index is 7.00. The third-order valence-electron chi connectivity index (χ3n) is 13.1. The molecule has 0 unspecified atom stereocenters. The predicted octanol–water partition coefficient (Wildman–Crippen LogP) is 15.3. The van der Waals surface area contributed by atoms with Crippen molar-refractivity contribution in [2.45, 2.75) is 0 Å². The molecule has 0 amide bonds. The fourth-order valence-electron chi connectivity index (χ4n) is 10.3. The molecule has 0 aliphatic rings. The molecular formula is C59H35N5O. The average molecular weight is 830 g/mol. The van der Waals surface area contributed by atoms with Gasteiger partial charge in [0.05, 0.1) is 33.3 Å². The molecule has 0 bridgehead atoms. The standard InChI is InChI=1S/C59H35N5O/c1-3-17-37(18-4-1)57-60-58(46-27-15-26-44-42-24-11-13-28-48(42)63(55(44)46)40-21-5-2-6-22-40)62-59(61-57)54-50(33-31-45-43-25-12-14-29-52(43)65-56(45)54)64-49-32-30-36-16-9-10-23-41(36)53(49)47-34-38-19-7-8-20-39(38)35-51(47)64/h1-35H. The Morgan fingerprint density at radius 3 is 1.88 bits per heavy atom. The van der Waals surface area contributed by atoms with Crippen LogP contribution in [0, 0.1) is 0 Å². The van der Waals surface area contributed by atoms with Crippen molar-refractivity contribution in [1.82, 2.24) is 24.1 Å². The van der Waals surface area contributed by atoms with E-state index in [1.54, 1.807) is 0 Å². The lowest BCUT2D eigenvalue weighted by molar-refractivity contribution is 0.669. The Morgan fingerprint density at radius 1 is 0.369 bits per heavy atom. The Bertz CT molecular complexity index is 4240. The third-order valence-corrected chi connectivity index (χ3v) is 13.1. The highest BCUT2D eigenvalue weighted by atomic mass is 16.3. The van der Waals surface area contributed by atoms with Crippen molar-refractivity contribution in [3.05, 3.63) is 212 Å². The molecule has 4 aromatic heterocycles. The van der Waals surface area contributed by atoms with Crippen LogP contribution in [0.5, 0.6) is 0 Å². The minimum absolute atomic E-state index is 0.518. The Hall–Kier alpha value is -8.87. The molecule has 6 nitrogen and oxygen atoms in total. The Labute approximate surface area is 371 Å². The average Bonchev–Trinajstić information content (AvgIpc) is 4.03. The second kappa shape index (κ2) is 13.8. The van der Waals surface area contributed by atoms with Crippen LogP contribution in [0.1, 0.15) is 0 Å². The number of fused-ring (bicyclic) bond motifs is 12. The van der Waals surface area contributed by atoms with Gasteiger partial charge < -0.3 is 13.6 Å². The Morgan fingerprint density at radius 2 is 1.03 bits per heavy atom. The summed E-state index contributed by atoms with van der Waals surface area (Å²) in [5, 5.41) is 11.4. The van der Waals surface area contributed by atoms with E-state index in [2.05, 4.69) is 191 Å². The maximum atomic E-state index is 7.00. The molecule has 0 N–H and O–H groups in total. The van der Waals surface area contributed by atoms with Gasteiger partial charge in [-0.2, -0.15) is 0 Å². The van der Waals surface area contributed by atoms with E-state index in [-0.39, 0.29) is 0 Å². The van der Waals surface area contributed by atoms with Gasteiger partial charge in [-0.05, 0) is 82.2 Å². The fraction of sp³-hybridized carbons (Fsp3) is 0. The lowest BCUT2D eigenvalue weighted by Gasteiger charge is -2.16. The highest BCUT2D eigenvalue weighted by Gasteiger charge is 2.26. The second-order valence-corrected chi connectivity index (χ2v) is 16.7. The van der Waals surface area contributed by atoms with Gasteiger partial charge in [0.15, 0.2) is 17.5 Å². The predicted molar refractivity (Wildman–Crippen MR) is 267 cm³/mol. The number of furan rings is 1. The van der Waals surface area contributed by atoms with E-state index in [0.29, 0.717) is 23.1 Å². The fourth-order valence-corrected chi connectivity index (χ4v) is 10.3. The molecule has 0 aliphatic heterocycles. The van der Waals surface area contributed by atoms with Gasteiger partial charge in [-0.25, -0.2) is 15.0 Å². The number of hydrogen-bond acceptors (Lipinski definition) is 4. The maximum Gasteiger partial charge on any atom is 0.170 e. The first kappa shape index (κ1) is 35.7. The van der Waals surface area contributed by atoms with E-state index >= 15 is 0 Å². The SMILES string of the molecule is c1ccc(-c2nc(-c3c(-n4c5cc6ccccc6cc5c5c6ccccc6ccc54)ccc4c3oc3ccccc34)nc(-c3cccc4c5ccccc5n(-c5ccccc5)c34)n2)cc1. The first-order chi connectivity index (χ1) is 32.2. The molecule has 302 valence electrons. The summed E-state index contributed by atoms with van der Waals surface area (Å²) in [7, 11) is 0. The highest BCUT2D eigenvalue weighted by Crippen LogP contribution is 2.45. The van der Waals surface area contributed by atoms with Crippen LogP contribution in [0.3, 0.4) is 0 Å². The van der Waals surface area contributed by atoms with E-state index in [9.17, 15) is 0 Å². The number of para-hydroxylation sites is 4. The van der Waals surface area contributed by atoms with Crippen molar-refractivity contribution in [2.24, 2.45) is 0 Å². The number of nitrogens with zero attached hydrogens (tertiary/aromatic N) is 5. The Kier molecular flexibility index (Phi) is 7.59. The van der Waals surface area contributed by atoms with Gasteiger partial charge in [-0.1, -0.05) is 152 Å². The van der Waals surface area contributed by atoms with E-state index in [1.807, 2.05) is 30.3 Å². The van der Waals surface area contributed by atoms with Gasteiger partial charge in [-0.3, -0.25) is 0 Å². The molecule has 0 aliphatic carbocycles. The van der Waals surface area contributed by atoms with Crippen molar-refractivity contribution in [2.75, 3.05) is 0 Å². The minimum atomic E-state index is 0.518. The molecule has 6 heteroatoms. The number of aromatic nitrogens is 5. The van der Waals surface area contributed by atoms with Crippen LogP contribution in [0.25, 0.3) is 133 Å². The molecule has 14 aromatic rings. The van der Waals surface area contributed by atoms with Gasteiger partial charge in [-0.15, -0.1) is 0 Å². The summed E-state index contributed by atoms with van der Waals surface area (Å²) in [5.41, 5.74) is 10.4. The molecule has 0 saturated heterocycles. The van der Waals surface area contributed by atoms with Crippen LogP contribution in [0.4, 0.5) is 0 Å². The van der Waals surface area contributed by atoms with Crippen LogP contribution >= 0.6 is 0 Å². The lowest BCUT2D eigenvalue weighted by atomic mass is 10.0. The Balaban J connectivity index is 1.14. The number of benzene rings is 10. The van der Waals surface area contributed by atoms with Crippen molar-refractivity contribution in [3.63, 3.8) is 0 Å². The number of rotatable bonds is 5. The molecule has 65 heavy (non-hydrogen) atoms. The molecule has 0 atom stereocenters. The molecular weight excluding hydrogens is 795 g/mol. The van der Waals surface area contributed by atoms with Crippen molar-refractivity contribution in [3.8, 4) is 45.5 Å². The highest BCUT2D eigenvalue weighted by molar-refractivity contribution is 6.24. The van der Waals surface area contributed by atoms with Gasteiger partial charge in [0, 0.05) is 49.1 Å². The van der Waals surface area contributed by atoms with Crippen LogP contribution < -0.4 is 0 Å². The molecule has 0 spiro atoms. The van der Waals surface area contributed by atoms with E-state index < -0.39 is 0 Å². The molecule has 0 fully saturated rings. The second-order valence-electron chi connectivity index (χ2n) is 16.7. The molecule has 4 heterocycles. The van der Waals surface area contributed by atoms with Gasteiger partial charge >= 0.3 is 0 Å². The van der Waals surface area contributed by atoms with Crippen molar-refractivity contribution >= 4 is 87.1 Å². The normalized spacial score (nSPS) is 12.0. The smallest absolute Gasteiger partial charge is 0.170 e. The van der Waals surface area contributed by atoms with Gasteiger partial charge in [0.1, 0.15) is 11.2 Å². The number of hydrogen-bond donors (Lipinski definition) is 0. The molecule has 0 saturated carbocycles. The lowest BCUT2D eigenvalue weighted by Crippen LogP contribution is -2.05. The van der Waals surface area contributed by atoms with Crippen molar-refractivity contribution < 1.29 is 4.42 Å². The summed E-state index contributed by atoms with van der Waals surface area (Å²) >= 11 is 0. The third kappa shape index (κ3) is 5.31. The van der Waals surface area contributed by atoms with Gasteiger partial charge in [0.25, 0.3) is 0 Å². The van der Waals surface area contributed by atoms with Crippen LogP contribution in [-0.2, 0) is 0 Å². The van der Waals surface area contributed by atoms with Crippen LogP contribution in [0.2, 0.25) is 0 Å². The molecule has 0 radical (unpaired) electrons. The van der Waals surface area contributed by atoms with E-state index in [0.717, 1.165) is 82.6 Å². The summed E-state index contributed by atoms with van der Waals surface area (Å²) in [6.45, 7) is 0. The van der Waals surface area contributed by atoms with Crippen LogP contribution in [0.15, 0.2) is 217 Å². The zero-order valence-corrected chi connectivity index (χ0v) is 34.9. The van der Waals surface area contributed by atoms with Gasteiger partial charge in [0.2, 0.25) is 0 Å². The quantitative estimate of drug-likeness (QED) is 0.173. The summed E-state index contributed by atoms with van der Waals surface area (Å²) in [6, 6.07) is 74.9. The first-order valence-electron chi connectivity index (χ1n) is 21.9. The topological polar surface area (TPSA) is 61.7 Å². The van der Waals surface area contributed by atoms with E-state index in [4.69, 9.17) is 19.4 Å². The minimum Gasteiger partial charge on any atom is -0.455 e. The summed E-state index contributed by atoms with van der Waals surface area (Å²) in [4.78, 5) is 16.4. The zero-order valence-electron chi connectivity index (χ0n) is 34.9. The van der Waals surface area contributed by atoms with E-state index in [1.165, 1.54) is 26.9 Å². The molecule has 10 aromatic carbocycles. The van der Waals surface area contributed by atoms with Crippen molar-refractivity contribution in [1.29, 1.82) is 0 Å². The largest absolute Gasteiger partial charge is 0.455 e. The van der Waals surface area contributed by atoms with Crippen LogP contribution in [-0.4, -0.2) is 24.1 Å².